The van der Waals surface area contributed by atoms with Crippen LogP contribution >= 0.6 is 11.6 Å². The summed E-state index contributed by atoms with van der Waals surface area (Å²) in [7, 11) is 0. The Morgan fingerprint density at radius 1 is 1.04 bits per heavy atom. The summed E-state index contributed by atoms with van der Waals surface area (Å²) in [5, 5.41) is 0.617. The van der Waals surface area contributed by atoms with Crippen LogP contribution in [0.2, 0.25) is 5.02 Å². The molecule has 26 heavy (non-hydrogen) atoms. The Kier molecular flexibility index (Phi) is 4.51. The summed E-state index contributed by atoms with van der Waals surface area (Å²) in [5.41, 5.74) is 2.69. The van der Waals surface area contributed by atoms with Crippen LogP contribution in [0.3, 0.4) is 0 Å². The number of esters is 1. The molecule has 0 unspecified atom stereocenters. The summed E-state index contributed by atoms with van der Waals surface area (Å²) < 4.78 is 7.17. The van der Waals surface area contributed by atoms with E-state index in [1.54, 1.807) is 22.7 Å². The van der Waals surface area contributed by atoms with Gasteiger partial charge in [0.2, 0.25) is 0 Å². The molecule has 0 saturated heterocycles. The second-order valence-corrected chi connectivity index (χ2v) is 6.99. The fourth-order valence-electron chi connectivity index (χ4n) is 3.51. The van der Waals surface area contributed by atoms with Crippen molar-refractivity contribution in [1.29, 1.82) is 0 Å². The topological polar surface area (TPSA) is 47.8 Å². The van der Waals surface area contributed by atoms with Gasteiger partial charge in [0, 0.05) is 22.3 Å². The van der Waals surface area contributed by atoms with Crippen molar-refractivity contribution in [1.82, 2.24) is 4.40 Å². The molecule has 0 bridgehead atoms. The minimum atomic E-state index is -0.782. The van der Waals surface area contributed by atoms with E-state index in [0.717, 1.165) is 36.8 Å². The first kappa shape index (κ1) is 16.9. The average molecular weight is 368 g/mol. The molecule has 1 fully saturated rings. The lowest BCUT2D eigenvalue weighted by molar-refractivity contribution is -0.142. The number of hydrogen-bond acceptors (Lipinski definition) is 3. The molecule has 0 atom stereocenters. The predicted octanol–water partition coefficient (Wildman–Crippen LogP) is 4.93. The third kappa shape index (κ3) is 3.13. The zero-order chi connectivity index (χ0) is 18.1. The molecular formula is C21H18ClNO3. The summed E-state index contributed by atoms with van der Waals surface area (Å²) in [6, 6.07) is 14.8. The highest BCUT2D eigenvalue weighted by Crippen LogP contribution is 2.30. The number of fused-ring (bicyclic) bond motifs is 1. The Labute approximate surface area is 156 Å². The van der Waals surface area contributed by atoms with Crippen LogP contribution in [-0.2, 0) is 9.53 Å². The van der Waals surface area contributed by atoms with Crippen LogP contribution in [0.1, 0.15) is 36.2 Å². The normalized spacial score (nSPS) is 14.7. The number of carbonyl (C=O) groups excluding carboxylic acids is 2. The molecule has 1 saturated carbocycles. The SMILES string of the molecule is O=C(OC1CCCC1)C(=O)c1c(-c2ccc(Cl)cc2)cc2ccccn12. The lowest BCUT2D eigenvalue weighted by Gasteiger charge is -2.11. The second kappa shape index (κ2) is 6.96. The largest absolute Gasteiger partial charge is 0.456 e. The number of aromatic nitrogens is 1. The van der Waals surface area contributed by atoms with Crippen LogP contribution in [-0.4, -0.2) is 22.3 Å². The quantitative estimate of drug-likeness (QED) is 0.373. The Balaban J connectivity index is 1.76. The number of pyridine rings is 1. The first-order chi connectivity index (χ1) is 12.6. The molecule has 4 rings (SSSR count). The van der Waals surface area contributed by atoms with Crippen LogP contribution in [0, 0.1) is 0 Å². The van der Waals surface area contributed by atoms with E-state index in [2.05, 4.69) is 0 Å². The lowest BCUT2D eigenvalue weighted by atomic mass is 10.0. The maximum Gasteiger partial charge on any atom is 0.381 e. The van der Waals surface area contributed by atoms with Crippen molar-refractivity contribution < 1.29 is 14.3 Å². The monoisotopic (exact) mass is 367 g/mol. The smallest absolute Gasteiger partial charge is 0.381 e. The molecule has 2 aromatic heterocycles. The second-order valence-electron chi connectivity index (χ2n) is 6.55. The predicted molar refractivity (Wildman–Crippen MR) is 101 cm³/mol. The van der Waals surface area contributed by atoms with Crippen molar-refractivity contribution in [3.05, 3.63) is 65.4 Å². The van der Waals surface area contributed by atoms with Crippen LogP contribution in [0.5, 0.6) is 0 Å². The number of halogens is 1. The number of hydrogen-bond donors (Lipinski definition) is 0. The van der Waals surface area contributed by atoms with E-state index < -0.39 is 11.8 Å². The van der Waals surface area contributed by atoms with Gasteiger partial charge in [-0.25, -0.2) is 4.79 Å². The molecule has 1 aliphatic carbocycles. The summed E-state index contributed by atoms with van der Waals surface area (Å²) >= 11 is 5.98. The van der Waals surface area contributed by atoms with E-state index in [9.17, 15) is 9.59 Å². The number of ether oxygens (including phenoxy) is 1. The highest BCUT2D eigenvalue weighted by molar-refractivity contribution is 6.41. The highest BCUT2D eigenvalue weighted by atomic mass is 35.5. The zero-order valence-electron chi connectivity index (χ0n) is 14.2. The maximum atomic E-state index is 12.9. The Bertz CT molecular complexity index is 969. The van der Waals surface area contributed by atoms with E-state index in [1.165, 1.54) is 0 Å². The first-order valence-corrected chi connectivity index (χ1v) is 9.12. The minimum Gasteiger partial charge on any atom is -0.456 e. The van der Waals surface area contributed by atoms with Crippen molar-refractivity contribution >= 4 is 28.9 Å². The number of Topliss-reactive ketones (excluding diaryl/α,β-unsaturated/α-hetero) is 1. The molecule has 3 aromatic rings. The Morgan fingerprint density at radius 2 is 1.77 bits per heavy atom. The molecule has 0 amide bonds. The fourth-order valence-corrected chi connectivity index (χ4v) is 3.64. The molecule has 132 valence electrons. The van der Waals surface area contributed by atoms with Crippen molar-refractivity contribution in [2.45, 2.75) is 31.8 Å². The first-order valence-electron chi connectivity index (χ1n) is 8.75. The van der Waals surface area contributed by atoms with Gasteiger partial charge in [-0.1, -0.05) is 29.8 Å². The number of nitrogens with zero attached hydrogens (tertiary/aromatic N) is 1. The molecular weight excluding hydrogens is 350 g/mol. The number of carbonyl (C=O) groups is 2. The molecule has 1 aliphatic rings. The molecule has 0 radical (unpaired) electrons. The van der Waals surface area contributed by atoms with E-state index in [4.69, 9.17) is 16.3 Å². The van der Waals surface area contributed by atoms with Crippen LogP contribution in [0.15, 0.2) is 54.7 Å². The van der Waals surface area contributed by atoms with Crippen molar-refractivity contribution in [3.8, 4) is 11.1 Å². The van der Waals surface area contributed by atoms with Crippen LogP contribution < -0.4 is 0 Å². The van der Waals surface area contributed by atoms with Crippen molar-refractivity contribution in [3.63, 3.8) is 0 Å². The highest BCUT2D eigenvalue weighted by Gasteiger charge is 2.29. The molecule has 0 aliphatic heterocycles. The summed E-state index contributed by atoms with van der Waals surface area (Å²) in [5.74, 6) is -1.40. The summed E-state index contributed by atoms with van der Waals surface area (Å²) in [6.45, 7) is 0. The van der Waals surface area contributed by atoms with Gasteiger partial charge in [-0.2, -0.15) is 0 Å². The molecule has 5 heteroatoms. The number of ketones is 1. The van der Waals surface area contributed by atoms with Gasteiger partial charge in [0.1, 0.15) is 11.8 Å². The lowest BCUT2D eigenvalue weighted by Crippen LogP contribution is -2.24. The van der Waals surface area contributed by atoms with E-state index in [0.29, 0.717) is 16.3 Å². The third-order valence-corrected chi connectivity index (χ3v) is 5.06. The third-order valence-electron chi connectivity index (χ3n) is 4.81. The Morgan fingerprint density at radius 3 is 2.50 bits per heavy atom. The molecule has 4 nitrogen and oxygen atoms in total. The minimum absolute atomic E-state index is 0.142. The van der Waals surface area contributed by atoms with E-state index in [-0.39, 0.29) is 6.10 Å². The van der Waals surface area contributed by atoms with Gasteiger partial charge in [-0.15, -0.1) is 0 Å². The molecule has 2 heterocycles. The van der Waals surface area contributed by atoms with Gasteiger partial charge in [-0.3, -0.25) is 4.79 Å². The zero-order valence-corrected chi connectivity index (χ0v) is 14.9. The molecule has 0 N–H and O–H groups in total. The maximum absolute atomic E-state index is 12.9. The summed E-state index contributed by atoms with van der Waals surface area (Å²) in [6.07, 6.45) is 5.38. The van der Waals surface area contributed by atoms with Gasteiger partial charge in [-0.05, 0) is 61.6 Å². The summed E-state index contributed by atoms with van der Waals surface area (Å²) in [4.78, 5) is 25.4. The number of rotatable bonds is 4. The molecule has 1 aromatic carbocycles. The van der Waals surface area contributed by atoms with Gasteiger partial charge < -0.3 is 9.14 Å². The van der Waals surface area contributed by atoms with Gasteiger partial charge >= 0.3 is 5.97 Å². The van der Waals surface area contributed by atoms with E-state index >= 15 is 0 Å². The fraction of sp³-hybridized carbons (Fsp3) is 0.238. The Hall–Kier alpha value is -2.59. The van der Waals surface area contributed by atoms with E-state index in [1.807, 2.05) is 36.4 Å². The number of benzene rings is 1. The van der Waals surface area contributed by atoms with Gasteiger partial charge in [0.05, 0.1) is 0 Å². The van der Waals surface area contributed by atoms with Crippen LogP contribution in [0.4, 0.5) is 0 Å². The van der Waals surface area contributed by atoms with Crippen molar-refractivity contribution in [2.75, 3.05) is 0 Å². The molecule has 0 spiro atoms. The van der Waals surface area contributed by atoms with Crippen molar-refractivity contribution in [2.24, 2.45) is 0 Å². The van der Waals surface area contributed by atoms with Gasteiger partial charge in [0.25, 0.3) is 5.78 Å². The standard InChI is InChI=1S/C21H18ClNO3/c22-15-10-8-14(9-11-15)18-13-16-5-3-4-12-23(16)19(18)20(24)21(25)26-17-6-1-2-7-17/h3-5,8-13,17H,1-2,6-7H2. The van der Waals surface area contributed by atoms with Gasteiger partial charge in [0.15, 0.2) is 0 Å². The van der Waals surface area contributed by atoms with Crippen LogP contribution in [0.25, 0.3) is 16.6 Å². The average Bonchev–Trinajstić information content (AvgIpc) is 3.29.